The first-order chi connectivity index (χ1) is 8.25. The van der Waals surface area contributed by atoms with Gasteiger partial charge in [-0.25, -0.2) is 0 Å². The monoisotopic (exact) mass is 233 g/mol. The number of nitrogens with zero attached hydrogens (tertiary/aromatic N) is 1. The van der Waals surface area contributed by atoms with E-state index in [9.17, 15) is 5.11 Å². The van der Waals surface area contributed by atoms with Crippen LogP contribution < -0.4 is 0 Å². The highest BCUT2D eigenvalue weighted by molar-refractivity contribution is 5.35. The van der Waals surface area contributed by atoms with Crippen molar-refractivity contribution in [2.45, 2.75) is 45.6 Å². The molecule has 1 heterocycles. The smallest absolute Gasteiger partial charge is 0.120 e. The predicted octanol–water partition coefficient (Wildman–Crippen LogP) is 3.47. The second kappa shape index (κ2) is 6.06. The van der Waals surface area contributed by atoms with E-state index in [4.69, 9.17) is 0 Å². The summed E-state index contributed by atoms with van der Waals surface area (Å²) < 4.78 is 0. The number of rotatable bonds is 2. The van der Waals surface area contributed by atoms with Crippen molar-refractivity contribution in [3.8, 4) is 5.75 Å². The highest BCUT2D eigenvalue weighted by Crippen LogP contribution is 2.21. The number of aromatic hydroxyl groups is 1. The summed E-state index contributed by atoms with van der Waals surface area (Å²) in [6, 6.07) is 5.88. The maximum Gasteiger partial charge on any atom is 0.120 e. The van der Waals surface area contributed by atoms with Crippen molar-refractivity contribution in [3.63, 3.8) is 0 Å². The van der Waals surface area contributed by atoms with Gasteiger partial charge in [0.1, 0.15) is 5.75 Å². The fourth-order valence-electron chi connectivity index (χ4n) is 2.55. The van der Waals surface area contributed by atoms with E-state index in [0.29, 0.717) is 5.75 Å². The molecule has 0 atom stereocenters. The van der Waals surface area contributed by atoms with Gasteiger partial charge in [-0.05, 0) is 38.9 Å². The highest BCUT2D eigenvalue weighted by Gasteiger charge is 2.10. The van der Waals surface area contributed by atoms with Crippen LogP contribution in [0, 0.1) is 6.92 Å². The van der Waals surface area contributed by atoms with E-state index in [0.717, 1.165) is 12.1 Å². The molecule has 0 unspecified atom stereocenters. The average molecular weight is 233 g/mol. The molecule has 0 amide bonds. The lowest BCUT2D eigenvalue weighted by Gasteiger charge is -2.24. The predicted molar refractivity (Wildman–Crippen MR) is 71.2 cm³/mol. The quantitative estimate of drug-likeness (QED) is 0.845. The standard InChI is InChI=1S/C15H23NO/c1-13-7-8-15(17)14(11-13)12-16-9-5-3-2-4-6-10-16/h7-8,11,17H,2-6,9-10,12H2,1H3. The Morgan fingerprint density at radius 2 is 1.71 bits per heavy atom. The topological polar surface area (TPSA) is 23.5 Å². The van der Waals surface area contributed by atoms with Crippen LogP contribution in [0.25, 0.3) is 0 Å². The molecule has 2 rings (SSSR count). The van der Waals surface area contributed by atoms with Gasteiger partial charge in [0.2, 0.25) is 0 Å². The van der Waals surface area contributed by atoms with Crippen molar-refractivity contribution in [2.24, 2.45) is 0 Å². The molecule has 0 saturated carbocycles. The summed E-state index contributed by atoms with van der Waals surface area (Å²) in [5.74, 6) is 0.442. The van der Waals surface area contributed by atoms with Crippen molar-refractivity contribution in [1.29, 1.82) is 0 Å². The third kappa shape index (κ3) is 3.74. The van der Waals surface area contributed by atoms with Crippen LogP contribution >= 0.6 is 0 Å². The molecule has 0 spiro atoms. The van der Waals surface area contributed by atoms with Gasteiger partial charge in [0, 0.05) is 12.1 Å². The summed E-state index contributed by atoms with van der Waals surface area (Å²) in [4.78, 5) is 2.48. The molecule has 0 aliphatic carbocycles. The number of likely N-dealkylation sites (tertiary alicyclic amines) is 1. The van der Waals surface area contributed by atoms with Crippen LogP contribution in [-0.2, 0) is 6.54 Å². The van der Waals surface area contributed by atoms with Crippen LogP contribution in [0.2, 0.25) is 0 Å². The molecule has 2 nitrogen and oxygen atoms in total. The maximum atomic E-state index is 9.86. The maximum absolute atomic E-state index is 9.86. The second-order valence-corrected chi connectivity index (χ2v) is 5.18. The van der Waals surface area contributed by atoms with Crippen LogP contribution in [0.5, 0.6) is 5.75 Å². The Labute approximate surface area is 104 Å². The summed E-state index contributed by atoms with van der Waals surface area (Å²) in [7, 11) is 0. The molecule has 0 aromatic heterocycles. The minimum absolute atomic E-state index is 0.442. The molecular formula is C15H23NO. The molecule has 0 bridgehead atoms. The fourth-order valence-corrected chi connectivity index (χ4v) is 2.55. The van der Waals surface area contributed by atoms with Gasteiger partial charge < -0.3 is 5.11 Å². The lowest BCUT2D eigenvalue weighted by Crippen LogP contribution is -2.26. The van der Waals surface area contributed by atoms with Crippen LogP contribution in [0.15, 0.2) is 18.2 Å². The Hall–Kier alpha value is -1.02. The van der Waals surface area contributed by atoms with E-state index < -0.39 is 0 Å². The molecule has 1 aliphatic rings. The average Bonchev–Trinajstić information content (AvgIpc) is 2.27. The summed E-state index contributed by atoms with van der Waals surface area (Å²) >= 11 is 0. The zero-order valence-electron chi connectivity index (χ0n) is 10.8. The number of aryl methyl sites for hydroxylation is 1. The van der Waals surface area contributed by atoms with Crippen LogP contribution in [0.1, 0.15) is 43.2 Å². The zero-order valence-corrected chi connectivity index (χ0v) is 10.8. The van der Waals surface area contributed by atoms with Crippen molar-refractivity contribution in [3.05, 3.63) is 29.3 Å². The van der Waals surface area contributed by atoms with Gasteiger partial charge in [0.05, 0.1) is 0 Å². The number of phenolic OH excluding ortho intramolecular Hbond substituents is 1. The molecule has 1 fully saturated rings. The molecule has 1 saturated heterocycles. The molecule has 1 aromatic carbocycles. The molecule has 0 radical (unpaired) electrons. The summed E-state index contributed by atoms with van der Waals surface area (Å²) in [5.41, 5.74) is 2.30. The van der Waals surface area contributed by atoms with E-state index in [1.807, 2.05) is 12.1 Å². The Balaban J connectivity index is 2.00. The third-order valence-electron chi connectivity index (χ3n) is 3.58. The van der Waals surface area contributed by atoms with Gasteiger partial charge >= 0.3 is 0 Å². The van der Waals surface area contributed by atoms with Gasteiger partial charge in [-0.3, -0.25) is 4.90 Å². The van der Waals surface area contributed by atoms with Gasteiger partial charge in [-0.2, -0.15) is 0 Å². The molecular weight excluding hydrogens is 210 g/mol. The molecule has 17 heavy (non-hydrogen) atoms. The van der Waals surface area contributed by atoms with E-state index in [1.54, 1.807) is 0 Å². The molecule has 1 aromatic rings. The molecule has 94 valence electrons. The number of hydrogen-bond acceptors (Lipinski definition) is 2. The normalized spacial score (nSPS) is 18.6. The summed E-state index contributed by atoms with van der Waals surface area (Å²) in [6.45, 7) is 5.32. The van der Waals surface area contributed by atoms with Crippen molar-refractivity contribution >= 4 is 0 Å². The SMILES string of the molecule is Cc1ccc(O)c(CN2CCCCCCC2)c1. The van der Waals surface area contributed by atoms with Crippen molar-refractivity contribution < 1.29 is 5.11 Å². The molecule has 2 heteroatoms. The first-order valence-corrected chi connectivity index (χ1v) is 6.76. The van der Waals surface area contributed by atoms with Gasteiger partial charge in [-0.15, -0.1) is 0 Å². The van der Waals surface area contributed by atoms with E-state index in [-0.39, 0.29) is 0 Å². The highest BCUT2D eigenvalue weighted by atomic mass is 16.3. The lowest BCUT2D eigenvalue weighted by molar-refractivity contribution is 0.237. The number of hydrogen-bond donors (Lipinski definition) is 1. The van der Waals surface area contributed by atoms with Crippen LogP contribution in [0.4, 0.5) is 0 Å². The van der Waals surface area contributed by atoms with E-state index in [1.165, 1.54) is 50.8 Å². The minimum Gasteiger partial charge on any atom is -0.508 e. The van der Waals surface area contributed by atoms with Crippen LogP contribution in [-0.4, -0.2) is 23.1 Å². The van der Waals surface area contributed by atoms with E-state index in [2.05, 4.69) is 17.9 Å². The van der Waals surface area contributed by atoms with Crippen molar-refractivity contribution in [1.82, 2.24) is 4.90 Å². The Morgan fingerprint density at radius 3 is 2.41 bits per heavy atom. The Bertz CT molecular complexity index is 354. The fraction of sp³-hybridized carbons (Fsp3) is 0.600. The van der Waals surface area contributed by atoms with Gasteiger partial charge in [0.25, 0.3) is 0 Å². The largest absolute Gasteiger partial charge is 0.508 e. The Morgan fingerprint density at radius 1 is 1.06 bits per heavy atom. The first kappa shape index (κ1) is 12.4. The lowest BCUT2D eigenvalue weighted by atomic mass is 10.1. The van der Waals surface area contributed by atoms with Gasteiger partial charge in [0.15, 0.2) is 0 Å². The second-order valence-electron chi connectivity index (χ2n) is 5.18. The third-order valence-corrected chi connectivity index (χ3v) is 3.58. The van der Waals surface area contributed by atoms with Crippen molar-refractivity contribution in [2.75, 3.05) is 13.1 Å². The number of benzene rings is 1. The Kier molecular flexibility index (Phi) is 4.43. The zero-order chi connectivity index (χ0) is 12.1. The molecule has 1 aliphatic heterocycles. The number of phenols is 1. The van der Waals surface area contributed by atoms with Gasteiger partial charge in [-0.1, -0.05) is 37.0 Å². The summed E-state index contributed by atoms with van der Waals surface area (Å²) in [6.07, 6.45) is 6.70. The summed E-state index contributed by atoms with van der Waals surface area (Å²) in [5, 5.41) is 9.86. The van der Waals surface area contributed by atoms with Crippen LogP contribution in [0.3, 0.4) is 0 Å². The minimum atomic E-state index is 0.442. The molecule has 1 N–H and O–H groups in total. The first-order valence-electron chi connectivity index (χ1n) is 6.76. The van der Waals surface area contributed by atoms with E-state index >= 15 is 0 Å².